The van der Waals surface area contributed by atoms with Gasteiger partial charge >= 0.3 is 0 Å². The van der Waals surface area contributed by atoms with Crippen LogP contribution in [0.3, 0.4) is 0 Å². The maximum atomic E-state index is 12.0. The van der Waals surface area contributed by atoms with Gasteiger partial charge in [0.15, 0.2) is 0 Å². The van der Waals surface area contributed by atoms with Crippen molar-refractivity contribution in [3.05, 3.63) is 59.7 Å². The van der Waals surface area contributed by atoms with Gasteiger partial charge in [0, 0.05) is 10.6 Å². The minimum atomic E-state index is 0.0178. The molecule has 0 unspecified atom stereocenters. The van der Waals surface area contributed by atoms with Crippen LogP contribution in [0.25, 0.3) is 0 Å². The van der Waals surface area contributed by atoms with Gasteiger partial charge < -0.3 is 5.32 Å². The van der Waals surface area contributed by atoms with Crippen LogP contribution in [0.1, 0.15) is 30.9 Å². The van der Waals surface area contributed by atoms with Crippen LogP contribution in [0.5, 0.6) is 0 Å². The first kappa shape index (κ1) is 15.6. The Morgan fingerprint density at radius 3 is 2.19 bits per heavy atom. The van der Waals surface area contributed by atoms with E-state index in [0.29, 0.717) is 12.3 Å². The first-order chi connectivity index (χ1) is 10.1. The second-order valence-corrected chi connectivity index (χ2v) is 6.23. The Morgan fingerprint density at radius 2 is 1.67 bits per heavy atom. The molecule has 1 amide bonds. The van der Waals surface area contributed by atoms with E-state index >= 15 is 0 Å². The molecule has 1 N–H and O–H groups in total. The highest BCUT2D eigenvalue weighted by Crippen LogP contribution is 2.18. The molecule has 0 bridgehead atoms. The van der Waals surface area contributed by atoms with Crippen LogP contribution in [0.15, 0.2) is 53.4 Å². The molecule has 0 aliphatic carbocycles. The Bertz CT molecular complexity index is 588. The lowest BCUT2D eigenvalue weighted by molar-refractivity contribution is -0.115. The second-order valence-electron chi connectivity index (χ2n) is 5.35. The largest absolute Gasteiger partial charge is 0.326 e. The summed E-state index contributed by atoms with van der Waals surface area (Å²) < 4.78 is 0. The average Bonchev–Trinajstić information content (AvgIpc) is 2.48. The van der Waals surface area contributed by atoms with Crippen LogP contribution in [0, 0.1) is 0 Å². The molecule has 0 fully saturated rings. The van der Waals surface area contributed by atoms with Crippen molar-refractivity contribution in [3.63, 3.8) is 0 Å². The molecule has 0 aliphatic heterocycles. The van der Waals surface area contributed by atoms with Crippen molar-refractivity contribution in [2.75, 3.05) is 11.6 Å². The molecule has 3 heteroatoms. The van der Waals surface area contributed by atoms with E-state index in [1.54, 1.807) is 11.8 Å². The number of hydrogen-bond acceptors (Lipinski definition) is 2. The Morgan fingerprint density at radius 1 is 1.05 bits per heavy atom. The van der Waals surface area contributed by atoms with Gasteiger partial charge in [-0.3, -0.25) is 4.79 Å². The first-order valence-electron chi connectivity index (χ1n) is 7.11. The summed E-state index contributed by atoms with van der Waals surface area (Å²) in [6.45, 7) is 4.33. The van der Waals surface area contributed by atoms with E-state index in [-0.39, 0.29) is 5.91 Å². The molecule has 2 nitrogen and oxygen atoms in total. The molecule has 0 aliphatic rings. The summed E-state index contributed by atoms with van der Waals surface area (Å²) in [7, 11) is 0. The maximum Gasteiger partial charge on any atom is 0.228 e. The van der Waals surface area contributed by atoms with Gasteiger partial charge in [-0.05, 0) is 47.6 Å². The number of carbonyl (C=O) groups is 1. The molecule has 0 saturated heterocycles. The topological polar surface area (TPSA) is 29.1 Å². The molecule has 2 rings (SSSR count). The Kier molecular flexibility index (Phi) is 5.45. The van der Waals surface area contributed by atoms with Crippen LogP contribution in [-0.4, -0.2) is 12.2 Å². The van der Waals surface area contributed by atoms with Gasteiger partial charge in [0.25, 0.3) is 0 Å². The van der Waals surface area contributed by atoms with E-state index < -0.39 is 0 Å². The summed E-state index contributed by atoms with van der Waals surface area (Å²) in [6.07, 6.45) is 2.44. The Hall–Kier alpha value is -1.74. The molecular weight excluding hydrogens is 278 g/mol. The van der Waals surface area contributed by atoms with Crippen LogP contribution >= 0.6 is 11.8 Å². The van der Waals surface area contributed by atoms with E-state index in [1.165, 1.54) is 10.5 Å². The Labute approximate surface area is 131 Å². The van der Waals surface area contributed by atoms with Crippen molar-refractivity contribution >= 4 is 23.4 Å². The van der Waals surface area contributed by atoms with Gasteiger partial charge in [-0.1, -0.05) is 38.1 Å². The molecule has 21 heavy (non-hydrogen) atoms. The fourth-order valence-electron chi connectivity index (χ4n) is 2.09. The predicted molar refractivity (Wildman–Crippen MR) is 91.1 cm³/mol. The zero-order valence-electron chi connectivity index (χ0n) is 12.7. The van der Waals surface area contributed by atoms with E-state index in [9.17, 15) is 4.79 Å². The number of thioether (sulfide) groups is 1. The SMILES string of the molecule is CSc1ccc(NC(=O)Cc2ccc(C(C)C)cc2)cc1. The van der Waals surface area contributed by atoms with Gasteiger partial charge in [-0.2, -0.15) is 0 Å². The third-order valence-electron chi connectivity index (χ3n) is 3.38. The minimum Gasteiger partial charge on any atom is -0.326 e. The molecule has 0 heterocycles. The van der Waals surface area contributed by atoms with Crippen LogP contribution in [-0.2, 0) is 11.2 Å². The van der Waals surface area contributed by atoms with Crippen molar-refractivity contribution in [2.45, 2.75) is 31.1 Å². The zero-order chi connectivity index (χ0) is 15.2. The summed E-state index contributed by atoms with van der Waals surface area (Å²) in [5.41, 5.74) is 3.18. The summed E-state index contributed by atoms with van der Waals surface area (Å²) in [5.74, 6) is 0.534. The highest BCUT2D eigenvalue weighted by molar-refractivity contribution is 7.98. The highest BCUT2D eigenvalue weighted by Gasteiger charge is 2.05. The lowest BCUT2D eigenvalue weighted by Crippen LogP contribution is -2.14. The number of benzene rings is 2. The van der Waals surface area contributed by atoms with Crippen molar-refractivity contribution in [2.24, 2.45) is 0 Å². The van der Waals surface area contributed by atoms with E-state index in [4.69, 9.17) is 0 Å². The van der Waals surface area contributed by atoms with Crippen molar-refractivity contribution in [1.29, 1.82) is 0 Å². The van der Waals surface area contributed by atoms with Gasteiger partial charge in [0.1, 0.15) is 0 Å². The van der Waals surface area contributed by atoms with Crippen LogP contribution < -0.4 is 5.32 Å². The number of nitrogens with one attached hydrogen (secondary N) is 1. The number of anilines is 1. The zero-order valence-corrected chi connectivity index (χ0v) is 13.5. The number of hydrogen-bond donors (Lipinski definition) is 1. The van der Waals surface area contributed by atoms with Gasteiger partial charge in [0.05, 0.1) is 6.42 Å². The predicted octanol–water partition coefficient (Wildman–Crippen LogP) is 4.71. The Balaban J connectivity index is 1.94. The second kappa shape index (κ2) is 7.32. The molecule has 0 spiro atoms. The maximum absolute atomic E-state index is 12.0. The molecule has 0 atom stereocenters. The average molecular weight is 299 g/mol. The molecule has 0 saturated carbocycles. The monoisotopic (exact) mass is 299 g/mol. The number of amides is 1. The summed E-state index contributed by atoms with van der Waals surface area (Å²) >= 11 is 1.69. The van der Waals surface area contributed by atoms with E-state index in [1.807, 2.05) is 42.7 Å². The molecular formula is C18H21NOS. The smallest absolute Gasteiger partial charge is 0.228 e. The van der Waals surface area contributed by atoms with Crippen molar-refractivity contribution in [1.82, 2.24) is 0 Å². The molecule has 110 valence electrons. The standard InChI is InChI=1S/C18H21NOS/c1-13(2)15-6-4-14(5-7-15)12-18(20)19-16-8-10-17(21-3)11-9-16/h4-11,13H,12H2,1-3H3,(H,19,20). The van der Waals surface area contributed by atoms with Crippen molar-refractivity contribution < 1.29 is 4.79 Å². The summed E-state index contributed by atoms with van der Waals surface area (Å²) in [5, 5.41) is 2.93. The normalized spacial score (nSPS) is 10.7. The third-order valence-corrected chi connectivity index (χ3v) is 4.13. The number of rotatable bonds is 5. The number of carbonyl (C=O) groups excluding carboxylic acids is 1. The van der Waals surface area contributed by atoms with Gasteiger partial charge in [-0.15, -0.1) is 11.8 Å². The molecule has 0 aromatic heterocycles. The fraction of sp³-hybridized carbons (Fsp3) is 0.278. The van der Waals surface area contributed by atoms with E-state index in [0.717, 1.165) is 11.3 Å². The highest BCUT2D eigenvalue weighted by atomic mass is 32.2. The molecule has 2 aromatic rings. The van der Waals surface area contributed by atoms with E-state index in [2.05, 4.69) is 31.3 Å². The third kappa shape index (κ3) is 4.64. The molecule has 0 radical (unpaired) electrons. The summed E-state index contributed by atoms with van der Waals surface area (Å²) in [6, 6.07) is 16.2. The van der Waals surface area contributed by atoms with Crippen LogP contribution in [0.4, 0.5) is 5.69 Å². The first-order valence-corrected chi connectivity index (χ1v) is 8.33. The fourth-order valence-corrected chi connectivity index (χ4v) is 2.49. The van der Waals surface area contributed by atoms with Gasteiger partial charge in [-0.25, -0.2) is 0 Å². The minimum absolute atomic E-state index is 0.0178. The lowest BCUT2D eigenvalue weighted by atomic mass is 10.0. The lowest BCUT2D eigenvalue weighted by Gasteiger charge is -2.08. The molecule has 2 aromatic carbocycles. The quantitative estimate of drug-likeness (QED) is 0.810. The van der Waals surface area contributed by atoms with Crippen molar-refractivity contribution in [3.8, 4) is 0 Å². The van der Waals surface area contributed by atoms with Gasteiger partial charge in [0.2, 0.25) is 5.91 Å². The van der Waals surface area contributed by atoms with Crippen LogP contribution in [0.2, 0.25) is 0 Å². The summed E-state index contributed by atoms with van der Waals surface area (Å²) in [4.78, 5) is 13.2.